The maximum absolute atomic E-state index is 12.1. The molecule has 18 heavy (non-hydrogen) atoms. The van der Waals surface area contributed by atoms with Crippen LogP contribution >= 0.6 is 0 Å². The van der Waals surface area contributed by atoms with Gasteiger partial charge in [-0.15, -0.1) is 0 Å². The first kappa shape index (κ1) is 12.8. The number of ketones is 1. The fourth-order valence-electron chi connectivity index (χ4n) is 2.34. The molecule has 1 aliphatic rings. The van der Waals surface area contributed by atoms with Gasteiger partial charge in [0.25, 0.3) is 0 Å². The fraction of sp³-hybridized carbons (Fsp3) is 0.467. The number of likely N-dealkylation sites (tertiary alicyclic amines) is 1. The van der Waals surface area contributed by atoms with Crippen molar-refractivity contribution in [1.82, 2.24) is 4.90 Å². The van der Waals surface area contributed by atoms with Crippen LogP contribution in [0.3, 0.4) is 0 Å². The number of carbonyl (C=O) groups is 2. The van der Waals surface area contributed by atoms with Crippen LogP contribution in [-0.4, -0.2) is 29.7 Å². The molecule has 1 aromatic rings. The van der Waals surface area contributed by atoms with Crippen LogP contribution < -0.4 is 0 Å². The average molecular weight is 245 g/mol. The van der Waals surface area contributed by atoms with Crippen molar-refractivity contribution in [3.8, 4) is 0 Å². The summed E-state index contributed by atoms with van der Waals surface area (Å²) in [6, 6.07) is 9.19. The molecule has 3 heteroatoms. The first-order valence-corrected chi connectivity index (χ1v) is 6.55. The van der Waals surface area contributed by atoms with Gasteiger partial charge >= 0.3 is 0 Å². The number of nitrogens with zero attached hydrogens (tertiary/aromatic N) is 1. The Kier molecular flexibility index (Phi) is 4.13. The quantitative estimate of drug-likeness (QED) is 0.764. The molecule has 3 nitrogen and oxygen atoms in total. The van der Waals surface area contributed by atoms with E-state index < -0.39 is 0 Å². The van der Waals surface area contributed by atoms with Crippen LogP contribution in [-0.2, 0) is 4.79 Å². The lowest BCUT2D eigenvalue weighted by Crippen LogP contribution is -2.30. The molecular formula is C15H19NO2. The largest absolute Gasteiger partial charge is 0.343 e. The molecule has 2 rings (SSSR count). The molecule has 1 aliphatic heterocycles. The molecule has 1 aromatic carbocycles. The summed E-state index contributed by atoms with van der Waals surface area (Å²) < 4.78 is 0. The van der Waals surface area contributed by atoms with E-state index in [1.165, 1.54) is 0 Å². The normalized spacial score (nSPS) is 16.6. The Balaban J connectivity index is 1.93. The third kappa shape index (κ3) is 2.97. The zero-order valence-corrected chi connectivity index (χ0v) is 10.8. The molecule has 0 saturated carbocycles. The number of hydrogen-bond donors (Lipinski definition) is 0. The molecular weight excluding hydrogens is 226 g/mol. The molecule has 0 N–H and O–H groups in total. The fourth-order valence-corrected chi connectivity index (χ4v) is 2.34. The maximum atomic E-state index is 12.1. The highest BCUT2D eigenvalue weighted by Crippen LogP contribution is 2.16. The van der Waals surface area contributed by atoms with Crippen molar-refractivity contribution in [1.29, 1.82) is 0 Å². The van der Waals surface area contributed by atoms with E-state index in [1.54, 1.807) is 12.1 Å². The van der Waals surface area contributed by atoms with E-state index >= 15 is 0 Å². The number of rotatable bonds is 4. The first-order valence-electron chi connectivity index (χ1n) is 6.55. The lowest BCUT2D eigenvalue weighted by atomic mass is 9.96. The molecule has 1 heterocycles. The Labute approximate surface area is 108 Å². The minimum atomic E-state index is -0.236. The summed E-state index contributed by atoms with van der Waals surface area (Å²) in [6.45, 7) is 3.54. The molecule has 96 valence electrons. The molecule has 1 unspecified atom stereocenters. The Morgan fingerprint density at radius 1 is 1.17 bits per heavy atom. The van der Waals surface area contributed by atoms with E-state index in [0.29, 0.717) is 12.0 Å². The SMILES string of the molecule is CC(CC(=O)N1CCCC1)C(=O)c1ccccc1. The van der Waals surface area contributed by atoms with Crippen LogP contribution in [0, 0.1) is 5.92 Å². The van der Waals surface area contributed by atoms with Crippen molar-refractivity contribution in [2.24, 2.45) is 5.92 Å². The molecule has 0 aromatic heterocycles. The second kappa shape index (κ2) is 5.80. The van der Waals surface area contributed by atoms with Gasteiger partial charge in [0.15, 0.2) is 5.78 Å². The standard InChI is InChI=1S/C15H19NO2/c1-12(11-14(17)16-9-5-6-10-16)15(18)13-7-3-2-4-8-13/h2-4,7-8,12H,5-6,9-11H2,1H3. The zero-order valence-electron chi connectivity index (χ0n) is 10.8. The van der Waals surface area contributed by atoms with Crippen LogP contribution in [0.25, 0.3) is 0 Å². The monoisotopic (exact) mass is 245 g/mol. The summed E-state index contributed by atoms with van der Waals surface area (Å²) in [4.78, 5) is 26.0. The topological polar surface area (TPSA) is 37.4 Å². The van der Waals surface area contributed by atoms with Gasteiger partial charge in [0.2, 0.25) is 5.91 Å². The molecule has 0 radical (unpaired) electrons. The van der Waals surface area contributed by atoms with Crippen molar-refractivity contribution >= 4 is 11.7 Å². The molecule has 0 bridgehead atoms. The Morgan fingerprint density at radius 3 is 2.39 bits per heavy atom. The smallest absolute Gasteiger partial charge is 0.223 e. The molecule has 1 saturated heterocycles. The minimum absolute atomic E-state index is 0.0585. The zero-order chi connectivity index (χ0) is 13.0. The second-order valence-corrected chi connectivity index (χ2v) is 4.92. The van der Waals surface area contributed by atoms with Gasteiger partial charge in [-0.05, 0) is 12.8 Å². The number of amides is 1. The van der Waals surface area contributed by atoms with E-state index in [4.69, 9.17) is 0 Å². The Bertz CT molecular complexity index is 421. The number of benzene rings is 1. The summed E-state index contributed by atoms with van der Waals surface area (Å²) in [6.07, 6.45) is 2.51. The van der Waals surface area contributed by atoms with Crippen molar-refractivity contribution in [3.63, 3.8) is 0 Å². The third-order valence-electron chi connectivity index (χ3n) is 3.45. The lowest BCUT2D eigenvalue weighted by Gasteiger charge is -2.17. The van der Waals surface area contributed by atoms with E-state index in [2.05, 4.69) is 0 Å². The molecule has 1 amide bonds. The van der Waals surface area contributed by atoms with Gasteiger partial charge in [0, 0.05) is 31.0 Å². The van der Waals surface area contributed by atoms with E-state index in [0.717, 1.165) is 25.9 Å². The minimum Gasteiger partial charge on any atom is -0.343 e. The Hall–Kier alpha value is -1.64. The summed E-state index contributed by atoms with van der Waals surface area (Å²) in [5, 5.41) is 0. The van der Waals surface area contributed by atoms with Crippen LogP contribution in [0.2, 0.25) is 0 Å². The summed E-state index contributed by atoms with van der Waals surface area (Å²) in [5.74, 6) is -0.0621. The summed E-state index contributed by atoms with van der Waals surface area (Å²) in [7, 11) is 0. The maximum Gasteiger partial charge on any atom is 0.223 e. The summed E-state index contributed by atoms with van der Waals surface area (Å²) >= 11 is 0. The van der Waals surface area contributed by atoms with E-state index in [1.807, 2.05) is 30.0 Å². The van der Waals surface area contributed by atoms with Crippen LogP contribution in [0.4, 0.5) is 0 Å². The Morgan fingerprint density at radius 2 is 1.78 bits per heavy atom. The number of Topliss-reactive ketones (excluding diaryl/α,β-unsaturated/α-hetero) is 1. The van der Waals surface area contributed by atoms with Crippen molar-refractivity contribution in [2.45, 2.75) is 26.2 Å². The number of hydrogen-bond acceptors (Lipinski definition) is 2. The van der Waals surface area contributed by atoms with Crippen LogP contribution in [0.5, 0.6) is 0 Å². The van der Waals surface area contributed by atoms with Crippen molar-refractivity contribution in [2.75, 3.05) is 13.1 Å². The van der Waals surface area contributed by atoms with Gasteiger partial charge in [-0.3, -0.25) is 9.59 Å². The second-order valence-electron chi connectivity index (χ2n) is 4.92. The summed E-state index contributed by atoms with van der Waals surface area (Å²) in [5.41, 5.74) is 0.694. The van der Waals surface area contributed by atoms with E-state index in [-0.39, 0.29) is 17.6 Å². The highest BCUT2D eigenvalue weighted by molar-refractivity contribution is 5.99. The van der Waals surface area contributed by atoms with Gasteiger partial charge in [-0.25, -0.2) is 0 Å². The average Bonchev–Trinajstić information content (AvgIpc) is 2.92. The van der Waals surface area contributed by atoms with Gasteiger partial charge in [-0.2, -0.15) is 0 Å². The first-order chi connectivity index (χ1) is 8.68. The van der Waals surface area contributed by atoms with Gasteiger partial charge < -0.3 is 4.90 Å². The predicted octanol–water partition coefficient (Wildman–Crippen LogP) is 2.52. The van der Waals surface area contributed by atoms with Crippen LogP contribution in [0.1, 0.15) is 36.5 Å². The lowest BCUT2D eigenvalue weighted by molar-refractivity contribution is -0.130. The molecule has 0 spiro atoms. The van der Waals surface area contributed by atoms with Crippen molar-refractivity contribution < 1.29 is 9.59 Å². The van der Waals surface area contributed by atoms with Gasteiger partial charge in [0.05, 0.1) is 0 Å². The highest BCUT2D eigenvalue weighted by Gasteiger charge is 2.23. The number of carbonyl (C=O) groups excluding carboxylic acids is 2. The van der Waals surface area contributed by atoms with Crippen LogP contribution in [0.15, 0.2) is 30.3 Å². The van der Waals surface area contributed by atoms with Gasteiger partial charge in [-0.1, -0.05) is 37.3 Å². The molecule has 1 atom stereocenters. The molecule has 1 fully saturated rings. The van der Waals surface area contributed by atoms with E-state index in [9.17, 15) is 9.59 Å². The molecule has 0 aliphatic carbocycles. The predicted molar refractivity (Wildman–Crippen MR) is 70.4 cm³/mol. The van der Waals surface area contributed by atoms with Crippen molar-refractivity contribution in [3.05, 3.63) is 35.9 Å². The van der Waals surface area contributed by atoms with Gasteiger partial charge in [0.1, 0.15) is 0 Å². The highest BCUT2D eigenvalue weighted by atomic mass is 16.2. The third-order valence-corrected chi connectivity index (χ3v) is 3.45.